The van der Waals surface area contributed by atoms with Crippen molar-refractivity contribution in [2.24, 2.45) is 10.2 Å². The van der Waals surface area contributed by atoms with Crippen LogP contribution in [0.2, 0.25) is 0 Å². The van der Waals surface area contributed by atoms with Crippen LogP contribution in [0.15, 0.2) is 98.6 Å². The monoisotopic (exact) mass is 484 g/mol. The Morgan fingerprint density at radius 1 is 1.06 bits per heavy atom. The zero-order valence-electron chi connectivity index (χ0n) is 18.8. The fraction of sp³-hybridized carbons (Fsp3) is 0.115. The molecule has 1 amide bonds. The predicted molar refractivity (Wildman–Crippen MR) is 131 cm³/mol. The van der Waals surface area contributed by atoms with E-state index in [1.165, 1.54) is 35.2 Å². The summed E-state index contributed by atoms with van der Waals surface area (Å²) in [5.41, 5.74) is 0.813. The number of carbonyl (C=O) groups is 1. The Kier molecular flexibility index (Phi) is 6.25. The minimum Gasteiger partial charge on any atom is -0.493 e. The van der Waals surface area contributed by atoms with Gasteiger partial charge < -0.3 is 23.9 Å². The van der Waals surface area contributed by atoms with Gasteiger partial charge in [-0.25, -0.2) is 4.79 Å². The topological polar surface area (TPSA) is 140 Å². The number of hydrogen-bond donors (Lipinski definition) is 2. The molecule has 10 nitrogen and oxygen atoms in total. The van der Waals surface area contributed by atoms with Crippen LogP contribution in [-0.2, 0) is 6.54 Å². The minimum atomic E-state index is -1.05. The Balaban J connectivity index is 1.38. The van der Waals surface area contributed by atoms with Crippen LogP contribution in [0.1, 0.15) is 10.4 Å². The molecule has 10 heteroatoms. The number of aliphatic hydroxyl groups is 1. The van der Waals surface area contributed by atoms with Gasteiger partial charge in [-0.05, 0) is 30.3 Å². The van der Waals surface area contributed by atoms with E-state index in [0.717, 1.165) is 0 Å². The van der Waals surface area contributed by atoms with Crippen molar-refractivity contribution in [1.29, 1.82) is 0 Å². The molecule has 0 saturated carbocycles. The van der Waals surface area contributed by atoms with Gasteiger partial charge in [0.1, 0.15) is 24.0 Å². The highest BCUT2D eigenvalue weighted by Gasteiger charge is 2.20. The van der Waals surface area contributed by atoms with Crippen molar-refractivity contribution < 1.29 is 24.2 Å². The zero-order chi connectivity index (χ0) is 25.1. The van der Waals surface area contributed by atoms with E-state index in [1.807, 2.05) is 0 Å². The molecule has 2 aromatic carbocycles. The molecule has 3 heterocycles. The molecule has 180 valence electrons. The van der Waals surface area contributed by atoms with Gasteiger partial charge in [0.25, 0.3) is 5.91 Å². The summed E-state index contributed by atoms with van der Waals surface area (Å²) in [5.74, 6) is -0.555. The second-order valence-electron chi connectivity index (χ2n) is 7.93. The Labute approximate surface area is 203 Å². The third kappa shape index (κ3) is 4.57. The fourth-order valence-corrected chi connectivity index (χ4v) is 3.85. The highest BCUT2D eigenvalue weighted by Crippen LogP contribution is 2.39. The van der Waals surface area contributed by atoms with Gasteiger partial charge in [-0.2, -0.15) is 0 Å². The molecule has 36 heavy (non-hydrogen) atoms. The van der Waals surface area contributed by atoms with Crippen molar-refractivity contribution in [3.05, 3.63) is 95.1 Å². The van der Waals surface area contributed by atoms with Crippen LogP contribution in [0.5, 0.6) is 11.6 Å². The first-order valence-corrected chi connectivity index (χ1v) is 11.0. The third-order valence-electron chi connectivity index (χ3n) is 5.52. The standard InChI is InChI=1S/C26H20N4O6/c31-17(15-35-22-13-23(32)36-21-8-4-2-6-19(21)22)14-30-20-7-3-1-5-18(20)24(26(30)34)28-29-25(33)16-9-11-27-12-10-16/h1-13,17,31,34H,14-15H2. The number of pyridine rings is 1. The van der Waals surface area contributed by atoms with Gasteiger partial charge in [0.05, 0.1) is 23.5 Å². The molecule has 0 aliphatic heterocycles. The Bertz CT molecular complexity index is 1640. The summed E-state index contributed by atoms with van der Waals surface area (Å²) in [6.45, 7) is -0.198. The van der Waals surface area contributed by atoms with Gasteiger partial charge in [0.15, 0.2) is 5.69 Å². The van der Waals surface area contributed by atoms with Gasteiger partial charge in [-0.15, -0.1) is 10.2 Å². The van der Waals surface area contributed by atoms with E-state index in [9.17, 15) is 19.8 Å². The Hall–Kier alpha value is -4.83. The average Bonchev–Trinajstić information content (AvgIpc) is 3.16. The summed E-state index contributed by atoms with van der Waals surface area (Å²) in [6.07, 6.45) is 1.89. The smallest absolute Gasteiger partial charge is 0.339 e. The highest BCUT2D eigenvalue weighted by atomic mass is 16.5. The molecule has 0 aliphatic carbocycles. The van der Waals surface area contributed by atoms with Gasteiger partial charge in [-0.1, -0.05) is 30.3 Å². The normalized spacial score (nSPS) is 12.4. The summed E-state index contributed by atoms with van der Waals surface area (Å²) in [6, 6.07) is 18.2. The zero-order valence-corrected chi connectivity index (χ0v) is 18.8. The summed E-state index contributed by atoms with van der Waals surface area (Å²) >= 11 is 0. The number of amides is 1. The number of ether oxygens (including phenoxy) is 1. The number of nitrogens with zero attached hydrogens (tertiary/aromatic N) is 4. The van der Waals surface area contributed by atoms with Crippen molar-refractivity contribution in [1.82, 2.24) is 9.55 Å². The number of azo groups is 1. The van der Waals surface area contributed by atoms with E-state index in [4.69, 9.17) is 9.15 Å². The maximum Gasteiger partial charge on any atom is 0.339 e. The van der Waals surface area contributed by atoms with Gasteiger partial charge >= 0.3 is 5.63 Å². The first kappa shape index (κ1) is 22.9. The van der Waals surface area contributed by atoms with Crippen LogP contribution >= 0.6 is 0 Å². The van der Waals surface area contributed by atoms with Gasteiger partial charge in [-0.3, -0.25) is 9.78 Å². The molecule has 1 unspecified atom stereocenters. The van der Waals surface area contributed by atoms with Crippen molar-refractivity contribution in [3.8, 4) is 11.6 Å². The quantitative estimate of drug-likeness (QED) is 0.260. The SMILES string of the molecule is O=C(N=Nc1c(O)n(CC(O)COc2cc(=O)oc3ccccc23)c2ccccc12)c1ccncc1. The molecule has 0 bridgehead atoms. The molecule has 0 spiro atoms. The molecular formula is C26H20N4O6. The van der Waals surface area contributed by atoms with Crippen LogP contribution in [0, 0.1) is 0 Å². The lowest BCUT2D eigenvalue weighted by Gasteiger charge is -2.15. The Morgan fingerprint density at radius 3 is 2.58 bits per heavy atom. The number of hydrogen-bond acceptors (Lipinski definition) is 8. The number of fused-ring (bicyclic) bond motifs is 2. The molecule has 0 saturated heterocycles. The van der Waals surface area contributed by atoms with E-state index in [-0.39, 0.29) is 30.5 Å². The van der Waals surface area contributed by atoms with E-state index in [1.54, 1.807) is 48.5 Å². The molecule has 0 radical (unpaired) electrons. The maximum atomic E-state index is 12.3. The van der Waals surface area contributed by atoms with Gasteiger partial charge in [0.2, 0.25) is 5.88 Å². The van der Waals surface area contributed by atoms with E-state index >= 15 is 0 Å². The largest absolute Gasteiger partial charge is 0.493 e. The van der Waals surface area contributed by atoms with Crippen molar-refractivity contribution in [2.45, 2.75) is 12.6 Å². The van der Waals surface area contributed by atoms with Crippen LogP contribution in [0.4, 0.5) is 5.69 Å². The molecule has 3 aromatic heterocycles. The molecule has 1 atom stereocenters. The number of benzene rings is 2. The number of aromatic hydroxyl groups is 1. The van der Waals surface area contributed by atoms with Crippen LogP contribution < -0.4 is 10.4 Å². The summed E-state index contributed by atoms with van der Waals surface area (Å²) < 4.78 is 12.3. The van der Waals surface area contributed by atoms with Crippen LogP contribution in [0.3, 0.4) is 0 Å². The van der Waals surface area contributed by atoms with Crippen molar-refractivity contribution in [2.75, 3.05) is 6.61 Å². The van der Waals surface area contributed by atoms with Crippen LogP contribution in [0.25, 0.3) is 21.9 Å². The van der Waals surface area contributed by atoms with Crippen molar-refractivity contribution >= 4 is 33.5 Å². The number of aromatic nitrogens is 2. The fourth-order valence-electron chi connectivity index (χ4n) is 3.85. The molecular weight excluding hydrogens is 464 g/mol. The Morgan fingerprint density at radius 2 is 1.78 bits per heavy atom. The number of aliphatic hydroxyl groups excluding tert-OH is 1. The number of carbonyl (C=O) groups excluding carboxylic acids is 1. The number of rotatable bonds is 7. The first-order valence-electron chi connectivity index (χ1n) is 11.0. The summed E-state index contributed by atoms with van der Waals surface area (Å²) in [7, 11) is 0. The summed E-state index contributed by atoms with van der Waals surface area (Å²) in [5, 5.41) is 30.5. The lowest BCUT2D eigenvalue weighted by molar-refractivity contribution is 0.0921. The van der Waals surface area contributed by atoms with Crippen molar-refractivity contribution in [3.63, 3.8) is 0 Å². The highest BCUT2D eigenvalue weighted by molar-refractivity contribution is 5.97. The second-order valence-corrected chi connectivity index (χ2v) is 7.93. The molecule has 5 rings (SSSR count). The summed E-state index contributed by atoms with van der Waals surface area (Å²) in [4.78, 5) is 28.0. The first-order chi connectivity index (χ1) is 17.5. The lowest BCUT2D eigenvalue weighted by atomic mass is 10.2. The molecule has 2 N–H and O–H groups in total. The minimum absolute atomic E-state index is 0.0421. The maximum absolute atomic E-state index is 12.3. The van der Waals surface area contributed by atoms with Crippen LogP contribution in [-0.4, -0.2) is 38.4 Å². The van der Waals surface area contributed by atoms with E-state index in [2.05, 4.69) is 15.2 Å². The average molecular weight is 484 g/mol. The molecule has 5 aromatic rings. The molecule has 0 fully saturated rings. The second kappa shape index (κ2) is 9.80. The van der Waals surface area contributed by atoms with Gasteiger partial charge in [0, 0.05) is 23.3 Å². The van der Waals surface area contributed by atoms with E-state index < -0.39 is 17.6 Å². The third-order valence-corrected chi connectivity index (χ3v) is 5.52. The molecule has 0 aliphatic rings. The number of para-hydroxylation sites is 2. The van der Waals surface area contributed by atoms with E-state index in [0.29, 0.717) is 27.4 Å². The lowest BCUT2D eigenvalue weighted by Crippen LogP contribution is -2.23. The predicted octanol–water partition coefficient (Wildman–Crippen LogP) is 4.21.